The summed E-state index contributed by atoms with van der Waals surface area (Å²) in [5.74, 6) is 0.262. The Hall–Kier alpha value is -3.26. The van der Waals surface area contributed by atoms with Crippen molar-refractivity contribution in [2.75, 3.05) is 5.32 Å². The maximum atomic E-state index is 12.3. The van der Waals surface area contributed by atoms with E-state index >= 15 is 0 Å². The fourth-order valence-corrected chi connectivity index (χ4v) is 3.32. The first-order valence-corrected chi connectivity index (χ1v) is 8.92. The summed E-state index contributed by atoms with van der Waals surface area (Å²) < 4.78 is 3.14. The van der Waals surface area contributed by atoms with Crippen LogP contribution < -0.4 is 10.9 Å². The normalized spacial score (nSPS) is 10.9. The average Bonchev–Trinajstić information content (AvgIpc) is 3.32. The number of amides is 1. The Morgan fingerprint density at radius 1 is 1.15 bits per heavy atom. The number of carbonyl (C=O) groups is 1. The Bertz CT molecular complexity index is 1110. The van der Waals surface area contributed by atoms with Crippen LogP contribution in [0.3, 0.4) is 0 Å². The van der Waals surface area contributed by atoms with E-state index in [-0.39, 0.29) is 24.4 Å². The molecule has 0 bridgehead atoms. The van der Waals surface area contributed by atoms with Gasteiger partial charge in [0.05, 0.1) is 17.4 Å². The number of nitrogens with one attached hydrogen (secondary N) is 1. The third kappa shape index (κ3) is 3.27. The van der Waals surface area contributed by atoms with Gasteiger partial charge < -0.3 is 5.32 Å². The second kappa shape index (κ2) is 6.93. The number of carbonyl (C=O) groups excluding carboxylic acids is 1. The standard InChI is InChI=1S/C18H15N5O2S/c24-16(7-9-22-12-19-17-14(18(22)25)8-11-26-17)20-15-6-10-23(21-15)13-4-2-1-3-5-13/h1-6,8,10-12H,7,9H2,(H,20,21,24). The van der Waals surface area contributed by atoms with Gasteiger partial charge in [-0.3, -0.25) is 14.2 Å². The summed E-state index contributed by atoms with van der Waals surface area (Å²) in [6, 6.07) is 13.1. The van der Waals surface area contributed by atoms with Crippen LogP contribution in [0.25, 0.3) is 15.9 Å². The highest BCUT2D eigenvalue weighted by atomic mass is 32.1. The van der Waals surface area contributed by atoms with E-state index in [9.17, 15) is 9.59 Å². The number of hydrogen-bond acceptors (Lipinski definition) is 5. The molecule has 0 saturated heterocycles. The summed E-state index contributed by atoms with van der Waals surface area (Å²) in [5, 5.41) is 9.50. The number of anilines is 1. The van der Waals surface area contributed by atoms with Crippen molar-refractivity contribution in [2.24, 2.45) is 0 Å². The van der Waals surface area contributed by atoms with Crippen molar-refractivity contribution in [1.82, 2.24) is 19.3 Å². The molecule has 0 spiro atoms. The van der Waals surface area contributed by atoms with E-state index in [4.69, 9.17) is 0 Å². The third-order valence-corrected chi connectivity index (χ3v) is 4.73. The predicted octanol–water partition coefficient (Wildman–Crippen LogP) is 2.67. The lowest BCUT2D eigenvalue weighted by Crippen LogP contribution is -2.23. The smallest absolute Gasteiger partial charge is 0.262 e. The second-order valence-corrected chi connectivity index (χ2v) is 6.56. The Morgan fingerprint density at radius 3 is 2.85 bits per heavy atom. The van der Waals surface area contributed by atoms with E-state index in [2.05, 4.69) is 15.4 Å². The molecule has 0 aliphatic carbocycles. The lowest BCUT2D eigenvalue weighted by atomic mass is 10.3. The maximum absolute atomic E-state index is 12.3. The van der Waals surface area contributed by atoms with E-state index in [1.165, 1.54) is 22.2 Å². The van der Waals surface area contributed by atoms with E-state index in [0.717, 1.165) is 5.69 Å². The first-order valence-electron chi connectivity index (χ1n) is 8.04. The van der Waals surface area contributed by atoms with Gasteiger partial charge in [-0.15, -0.1) is 11.3 Å². The number of para-hydroxylation sites is 1. The number of fused-ring (bicyclic) bond motifs is 1. The van der Waals surface area contributed by atoms with Crippen molar-refractivity contribution in [3.8, 4) is 5.69 Å². The largest absolute Gasteiger partial charge is 0.309 e. The van der Waals surface area contributed by atoms with Gasteiger partial charge in [-0.25, -0.2) is 9.67 Å². The van der Waals surface area contributed by atoms with Gasteiger partial charge >= 0.3 is 0 Å². The summed E-state index contributed by atoms with van der Waals surface area (Å²) >= 11 is 1.42. The Balaban J connectivity index is 1.40. The van der Waals surface area contributed by atoms with E-state index in [1.807, 2.05) is 35.7 Å². The number of nitrogens with zero attached hydrogens (tertiary/aromatic N) is 4. The molecule has 3 aromatic heterocycles. The van der Waals surface area contributed by atoms with Crippen molar-refractivity contribution in [1.29, 1.82) is 0 Å². The average molecular weight is 365 g/mol. The molecule has 0 aliphatic heterocycles. The zero-order valence-electron chi connectivity index (χ0n) is 13.7. The monoisotopic (exact) mass is 365 g/mol. The molecule has 1 N–H and O–H groups in total. The van der Waals surface area contributed by atoms with E-state index in [1.54, 1.807) is 23.0 Å². The maximum Gasteiger partial charge on any atom is 0.262 e. The number of hydrogen-bond donors (Lipinski definition) is 1. The molecule has 8 heteroatoms. The molecule has 0 atom stereocenters. The number of benzene rings is 1. The van der Waals surface area contributed by atoms with Crippen molar-refractivity contribution >= 4 is 33.3 Å². The molecule has 7 nitrogen and oxygen atoms in total. The Labute approximate surface area is 152 Å². The second-order valence-electron chi connectivity index (χ2n) is 5.66. The van der Waals surface area contributed by atoms with Gasteiger partial charge in [0.2, 0.25) is 5.91 Å². The fraction of sp³-hybridized carbons (Fsp3) is 0.111. The van der Waals surface area contributed by atoms with Crippen LogP contribution in [0.2, 0.25) is 0 Å². The third-order valence-electron chi connectivity index (χ3n) is 3.91. The van der Waals surface area contributed by atoms with Crippen molar-refractivity contribution in [3.63, 3.8) is 0 Å². The van der Waals surface area contributed by atoms with Crippen molar-refractivity contribution in [3.05, 3.63) is 70.7 Å². The minimum Gasteiger partial charge on any atom is -0.309 e. The SMILES string of the molecule is O=C(CCn1cnc2sccc2c1=O)Nc1ccn(-c2ccccc2)n1. The quantitative estimate of drug-likeness (QED) is 0.589. The van der Waals surface area contributed by atoms with Crippen LogP contribution in [0.1, 0.15) is 6.42 Å². The van der Waals surface area contributed by atoms with Crippen LogP contribution in [0.4, 0.5) is 5.82 Å². The minimum absolute atomic E-state index is 0.127. The number of thiophene rings is 1. The van der Waals surface area contributed by atoms with Gasteiger partial charge in [-0.2, -0.15) is 5.10 Å². The molecule has 26 heavy (non-hydrogen) atoms. The molecule has 1 amide bonds. The van der Waals surface area contributed by atoms with Crippen LogP contribution >= 0.6 is 11.3 Å². The first kappa shape index (κ1) is 16.2. The molecule has 0 fully saturated rings. The highest BCUT2D eigenvalue weighted by molar-refractivity contribution is 7.16. The van der Waals surface area contributed by atoms with Gasteiger partial charge in [0.15, 0.2) is 5.82 Å². The Kier molecular flexibility index (Phi) is 4.32. The van der Waals surface area contributed by atoms with Gasteiger partial charge in [0.25, 0.3) is 5.56 Å². The number of rotatable bonds is 5. The van der Waals surface area contributed by atoms with Crippen LogP contribution in [0.5, 0.6) is 0 Å². The molecule has 0 aliphatic rings. The molecule has 4 aromatic rings. The van der Waals surface area contributed by atoms with Gasteiger partial charge in [0.1, 0.15) is 4.83 Å². The van der Waals surface area contributed by atoms with Gasteiger partial charge in [0, 0.05) is 25.2 Å². The van der Waals surface area contributed by atoms with Crippen LogP contribution in [0, 0.1) is 0 Å². The highest BCUT2D eigenvalue weighted by Gasteiger charge is 2.09. The summed E-state index contributed by atoms with van der Waals surface area (Å²) in [5.41, 5.74) is 0.784. The summed E-state index contributed by atoms with van der Waals surface area (Å²) in [4.78, 5) is 29.4. The lowest BCUT2D eigenvalue weighted by Gasteiger charge is -2.05. The molecule has 0 saturated carbocycles. The zero-order chi connectivity index (χ0) is 17.9. The highest BCUT2D eigenvalue weighted by Crippen LogP contribution is 2.13. The summed E-state index contributed by atoms with van der Waals surface area (Å²) in [6.07, 6.45) is 3.43. The number of aromatic nitrogens is 4. The first-order chi connectivity index (χ1) is 12.7. The van der Waals surface area contributed by atoms with Crippen LogP contribution in [-0.4, -0.2) is 25.2 Å². The molecule has 1 aromatic carbocycles. The molecule has 4 rings (SSSR count). The zero-order valence-corrected chi connectivity index (χ0v) is 14.5. The Morgan fingerprint density at radius 2 is 2.00 bits per heavy atom. The van der Waals surface area contributed by atoms with Crippen LogP contribution in [0.15, 0.2) is 65.2 Å². The minimum atomic E-state index is -0.208. The molecule has 0 unspecified atom stereocenters. The summed E-state index contributed by atoms with van der Waals surface area (Å²) in [6.45, 7) is 0.267. The van der Waals surface area contributed by atoms with Crippen molar-refractivity contribution in [2.45, 2.75) is 13.0 Å². The lowest BCUT2D eigenvalue weighted by molar-refractivity contribution is -0.116. The number of aryl methyl sites for hydroxylation is 1. The molecule has 3 heterocycles. The molecular formula is C18H15N5O2S. The fourth-order valence-electron chi connectivity index (χ4n) is 2.60. The van der Waals surface area contributed by atoms with Gasteiger partial charge in [-0.05, 0) is 23.6 Å². The molecular weight excluding hydrogens is 350 g/mol. The topological polar surface area (TPSA) is 81.8 Å². The van der Waals surface area contributed by atoms with E-state index in [0.29, 0.717) is 16.0 Å². The van der Waals surface area contributed by atoms with Gasteiger partial charge in [-0.1, -0.05) is 18.2 Å². The molecule has 0 radical (unpaired) electrons. The van der Waals surface area contributed by atoms with E-state index < -0.39 is 0 Å². The molecule has 130 valence electrons. The van der Waals surface area contributed by atoms with Crippen molar-refractivity contribution < 1.29 is 4.79 Å². The predicted molar refractivity (Wildman–Crippen MR) is 101 cm³/mol. The van der Waals surface area contributed by atoms with Crippen LogP contribution in [-0.2, 0) is 11.3 Å². The summed E-state index contributed by atoms with van der Waals surface area (Å²) in [7, 11) is 0.